The van der Waals surface area contributed by atoms with Gasteiger partial charge in [-0.25, -0.2) is 14.4 Å². The topological polar surface area (TPSA) is 325 Å². The van der Waals surface area contributed by atoms with E-state index in [0.29, 0.717) is 82.0 Å². The monoisotopic (exact) mass is 1370 g/mol. The minimum absolute atomic E-state index is 0.00333. The van der Waals surface area contributed by atoms with Gasteiger partial charge in [0.2, 0.25) is 11.8 Å². The zero-order valence-electron chi connectivity index (χ0n) is 61.3. The molecule has 3 atom stereocenters. The van der Waals surface area contributed by atoms with Gasteiger partial charge in [-0.2, -0.15) is 0 Å². The van der Waals surface area contributed by atoms with E-state index in [-0.39, 0.29) is 76.6 Å². The minimum atomic E-state index is -1.28. The quantitative estimate of drug-likeness (QED) is 0.0334. The van der Waals surface area contributed by atoms with E-state index in [0.717, 1.165) is 5.39 Å². The van der Waals surface area contributed by atoms with Crippen molar-refractivity contribution in [3.63, 3.8) is 0 Å². The molecule has 546 valence electrons. The lowest BCUT2D eigenvalue weighted by molar-refractivity contribution is -0.159. The Kier molecular flexibility index (Phi) is 31.5. The van der Waals surface area contributed by atoms with Crippen molar-refractivity contribution < 1.29 is 76.4 Å². The van der Waals surface area contributed by atoms with Gasteiger partial charge in [0.05, 0.1) is 31.7 Å². The number of fused-ring (bicyclic) bond motifs is 1. The average Bonchev–Trinajstić information content (AvgIpc) is 0.835. The first-order valence-corrected chi connectivity index (χ1v) is 33.8. The molecule has 0 unspecified atom stereocenters. The molecule has 1 aliphatic heterocycles. The van der Waals surface area contributed by atoms with Gasteiger partial charge < -0.3 is 55.0 Å². The summed E-state index contributed by atoms with van der Waals surface area (Å²) in [6.07, 6.45) is 1.78. The van der Waals surface area contributed by atoms with Gasteiger partial charge in [-0.05, 0) is 174 Å². The summed E-state index contributed by atoms with van der Waals surface area (Å²) in [5.41, 5.74) is -2.98. The van der Waals surface area contributed by atoms with Crippen LogP contribution in [0.1, 0.15) is 178 Å². The van der Waals surface area contributed by atoms with E-state index in [1.165, 1.54) is 12.3 Å². The normalized spacial score (nSPS) is 15.5. The van der Waals surface area contributed by atoms with E-state index >= 15 is 0 Å². The number of carbonyl (C=O) groups excluding carboxylic acids is 10. The Morgan fingerprint density at radius 3 is 1.35 bits per heavy atom. The summed E-state index contributed by atoms with van der Waals surface area (Å²) >= 11 is 0. The van der Waals surface area contributed by atoms with Gasteiger partial charge in [-0.1, -0.05) is 30.3 Å². The van der Waals surface area contributed by atoms with Crippen molar-refractivity contribution in [3.05, 3.63) is 71.7 Å². The van der Waals surface area contributed by atoms with E-state index in [2.05, 4.69) is 31.6 Å². The minimum Gasteiger partial charge on any atom is -0.460 e. The van der Waals surface area contributed by atoms with Crippen LogP contribution in [0.3, 0.4) is 0 Å². The number of unbranched alkanes of at least 4 members (excludes halogenated alkanes) is 1. The number of pyridine rings is 2. The van der Waals surface area contributed by atoms with E-state index in [9.17, 15) is 47.9 Å². The first-order valence-electron chi connectivity index (χ1n) is 33.8. The number of hydrogen-bond donors (Lipinski definition) is 5. The van der Waals surface area contributed by atoms with Gasteiger partial charge in [-0.15, -0.1) is 0 Å². The van der Waals surface area contributed by atoms with Crippen LogP contribution >= 0.6 is 0 Å². The third kappa shape index (κ3) is 35.1. The summed E-state index contributed by atoms with van der Waals surface area (Å²) < 4.78 is 33.6. The molecular formula is C71H111N11O16. The Morgan fingerprint density at radius 2 is 0.898 bits per heavy atom. The fourth-order valence-corrected chi connectivity index (χ4v) is 9.94. The molecule has 1 aromatic carbocycles. The molecule has 98 heavy (non-hydrogen) atoms. The second kappa shape index (κ2) is 37.3. The highest BCUT2D eigenvalue weighted by atomic mass is 16.6. The van der Waals surface area contributed by atoms with Crippen LogP contribution in [-0.2, 0) is 79.7 Å². The Bertz CT molecular complexity index is 3110. The molecule has 0 spiro atoms. The van der Waals surface area contributed by atoms with Crippen molar-refractivity contribution in [1.82, 2.24) is 56.2 Å². The lowest BCUT2D eigenvalue weighted by atomic mass is 10.1. The van der Waals surface area contributed by atoms with Crippen molar-refractivity contribution in [2.45, 2.75) is 221 Å². The van der Waals surface area contributed by atoms with Gasteiger partial charge in [0.1, 0.15) is 57.4 Å². The third-order valence-corrected chi connectivity index (χ3v) is 14.1. The number of amides is 5. The van der Waals surface area contributed by atoms with Gasteiger partial charge in [0.25, 0.3) is 5.91 Å². The molecule has 27 heteroatoms. The standard InChI is InChI=1S/C71H111N11O16/c1-66(2,3)93-57(84)31-30-54(64(91)98-71(16,17)18)78-65(92)77-53(63(90)97-70(13,14)15)25-21-22-32-72-61(88)55(41-50-28-27-49-23-19-20-24-51(49)75-50)76-62(89)52-29-26-48(42-73-52)43-74-56(83)44-79-33-35-80(45-58(85)94-67(4,5)6)37-39-82(47-60(87)96-69(10,11)12)40-38-81(36-34-79)46-59(86)95-68(7,8)9/h19-20,23-24,26-29,42,53-55H,21-22,25,30-41,43-47H2,1-18H3,(H,72,88)(H,74,83)(H,76,89)(H2,77,78,92)/t53-,54-,55-/m0/s1. The second-order valence-electron chi connectivity index (χ2n) is 30.6. The van der Waals surface area contributed by atoms with Gasteiger partial charge >= 0.3 is 41.8 Å². The summed E-state index contributed by atoms with van der Waals surface area (Å²) in [5, 5.41) is 14.7. The Labute approximate surface area is 578 Å². The molecule has 0 bridgehead atoms. The largest absolute Gasteiger partial charge is 0.460 e. The third-order valence-electron chi connectivity index (χ3n) is 14.1. The number of carbonyl (C=O) groups is 10. The molecule has 1 fully saturated rings. The van der Waals surface area contributed by atoms with Gasteiger partial charge in [-0.3, -0.25) is 63.1 Å². The number of nitrogens with zero attached hydrogens (tertiary/aromatic N) is 6. The molecule has 2 aromatic heterocycles. The van der Waals surface area contributed by atoms with E-state index < -0.39 is 105 Å². The van der Waals surface area contributed by atoms with Crippen LogP contribution in [0.25, 0.3) is 10.9 Å². The number of ether oxygens (including phenoxy) is 6. The maximum absolute atomic E-state index is 14.1. The molecular weight excluding hydrogens is 1260 g/mol. The molecule has 3 heterocycles. The fourth-order valence-electron chi connectivity index (χ4n) is 9.94. The van der Waals surface area contributed by atoms with Crippen molar-refractivity contribution in [2.75, 3.05) is 85.1 Å². The van der Waals surface area contributed by atoms with Crippen molar-refractivity contribution in [1.29, 1.82) is 0 Å². The SMILES string of the molecule is CC(C)(C)OC(=O)CC[C@H](NC(=O)N[C@@H](CCCCNC(=O)[C@H](Cc1ccc2ccccc2n1)NC(=O)c1ccc(CNC(=O)CN2CCN(CC(=O)OC(C)(C)C)CCN(CC(=O)OC(C)(C)C)CCN(CC(=O)OC(C)(C)C)CC2)cn1)C(=O)OC(C)(C)C)C(=O)OC(C)(C)C. The summed E-state index contributed by atoms with van der Waals surface area (Å²) in [6, 6.07) is 9.78. The van der Waals surface area contributed by atoms with Crippen LogP contribution in [0.15, 0.2) is 54.7 Å². The molecule has 5 N–H and O–H groups in total. The molecule has 1 aliphatic rings. The lowest BCUT2D eigenvalue weighted by Crippen LogP contribution is -2.53. The average molecular weight is 1370 g/mol. The van der Waals surface area contributed by atoms with Crippen molar-refractivity contribution in [2.24, 2.45) is 0 Å². The molecule has 4 rings (SSSR count). The molecule has 0 radical (unpaired) electrons. The second-order valence-corrected chi connectivity index (χ2v) is 30.6. The Balaban J connectivity index is 1.46. The van der Waals surface area contributed by atoms with Crippen LogP contribution < -0.4 is 26.6 Å². The number of hydrogen-bond acceptors (Lipinski definition) is 22. The summed E-state index contributed by atoms with van der Waals surface area (Å²) in [7, 11) is 0. The number of nitrogens with one attached hydrogen (secondary N) is 5. The predicted molar refractivity (Wildman–Crippen MR) is 369 cm³/mol. The van der Waals surface area contributed by atoms with E-state index in [1.54, 1.807) is 137 Å². The molecule has 5 amide bonds. The van der Waals surface area contributed by atoms with E-state index in [1.807, 2.05) is 49.9 Å². The zero-order valence-corrected chi connectivity index (χ0v) is 61.3. The first-order chi connectivity index (χ1) is 45.3. The van der Waals surface area contributed by atoms with Gasteiger partial charge in [0, 0.05) is 95.6 Å². The molecule has 1 saturated heterocycles. The van der Waals surface area contributed by atoms with Crippen LogP contribution in [0.4, 0.5) is 4.79 Å². The summed E-state index contributed by atoms with van der Waals surface area (Å²) in [4.78, 5) is 152. The lowest BCUT2D eigenvalue weighted by Gasteiger charge is -2.34. The highest BCUT2D eigenvalue weighted by Crippen LogP contribution is 2.19. The number of benzene rings is 1. The highest BCUT2D eigenvalue weighted by Gasteiger charge is 2.33. The zero-order chi connectivity index (χ0) is 73.4. The number of urea groups is 1. The van der Waals surface area contributed by atoms with E-state index in [4.69, 9.17) is 33.4 Å². The molecule has 3 aromatic rings. The Morgan fingerprint density at radius 1 is 0.459 bits per heavy atom. The Hall–Kier alpha value is -7.88. The number of esters is 6. The van der Waals surface area contributed by atoms with Crippen LogP contribution in [0.2, 0.25) is 0 Å². The number of rotatable bonds is 27. The van der Waals surface area contributed by atoms with Crippen LogP contribution in [0, 0.1) is 0 Å². The van der Waals surface area contributed by atoms with Crippen molar-refractivity contribution >= 4 is 70.5 Å². The molecule has 0 aliphatic carbocycles. The predicted octanol–water partition coefficient (Wildman–Crippen LogP) is 5.96. The maximum atomic E-state index is 14.1. The summed E-state index contributed by atoms with van der Waals surface area (Å²) in [6.45, 7) is 34.3. The van der Waals surface area contributed by atoms with Crippen LogP contribution in [-0.4, -0.2) is 226 Å². The fraction of sp³-hybridized carbons (Fsp3) is 0.662. The first kappa shape index (κ1) is 82.5. The number of aromatic nitrogens is 2. The molecule has 27 nitrogen and oxygen atoms in total. The maximum Gasteiger partial charge on any atom is 0.329 e. The summed E-state index contributed by atoms with van der Waals surface area (Å²) in [5.74, 6) is -4.85. The van der Waals surface area contributed by atoms with Crippen molar-refractivity contribution in [3.8, 4) is 0 Å². The van der Waals surface area contributed by atoms with Crippen LogP contribution in [0.5, 0.6) is 0 Å². The highest BCUT2D eigenvalue weighted by molar-refractivity contribution is 5.96. The molecule has 0 saturated carbocycles. The van der Waals surface area contributed by atoms with Gasteiger partial charge in [0.15, 0.2) is 0 Å². The smallest absolute Gasteiger partial charge is 0.329 e. The number of para-hydroxylation sites is 1.